The molecule has 2 rings (SSSR count). The molecule has 0 saturated heterocycles. The smallest absolute Gasteiger partial charge is 0.338 e. The maximum absolute atomic E-state index is 12.2. The van der Waals surface area contributed by atoms with Crippen molar-refractivity contribution in [3.05, 3.63) is 29.3 Å². The third-order valence-electron chi connectivity index (χ3n) is 4.65. The largest absolute Gasteiger partial charge is 0.452 e. The zero-order valence-electron chi connectivity index (χ0n) is 14.9. The molecule has 0 radical (unpaired) electrons. The molecule has 1 aliphatic carbocycles. The van der Waals surface area contributed by atoms with Gasteiger partial charge in [0.15, 0.2) is 16.4 Å². The Hall–Kier alpha value is -1.89. The standard InChI is InChI=1S/C18H25NO5S/c1-12-8-9-14(25(3,22)23)10-15(12)18(21)24-11-17(20)19-16-7-5-4-6-13(16)2/h8-10,13,16H,4-7,11H2,1-3H3,(H,19,20)/t13-,16-/m0/s1. The molecule has 0 aliphatic heterocycles. The number of nitrogens with one attached hydrogen (secondary N) is 1. The zero-order chi connectivity index (χ0) is 18.6. The Morgan fingerprint density at radius 1 is 1.24 bits per heavy atom. The van der Waals surface area contributed by atoms with Gasteiger partial charge >= 0.3 is 5.97 Å². The number of ether oxygens (including phenoxy) is 1. The average Bonchev–Trinajstić information content (AvgIpc) is 2.54. The summed E-state index contributed by atoms with van der Waals surface area (Å²) >= 11 is 0. The van der Waals surface area contributed by atoms with Crippen LogP contribution < -0.4 is 5.32 Å². The van der Waals surface area contributed by atoms with Crippen LogP contribution in [-0.2, 0) is 19.4 Å². The number of carbonyl (C=O) groups is 2. The summed E-state index contributed by atoms with van der Waals surface area (Å²) in [6.45, 7) is 3.42. The molecule has 0 spiro atoms. The number of sulfone groups is 1. The number of amides is 1. The van der Waals surface area contributed by atoms with Crippen LogP contribution in [0.15, 0.2) is 23.1 Å². The van der Waals surface area contributed by atoms with Crippen LogP contribution in [0.2, 0.25) is 0 Å². The second-order valence-corrected chi connectivity index (χ2v) is 8.78. The molecule has 1 aromatic carbocycles. The third-order valence-corrected chi connectivity index (χ3v) is 5.76. The van der Waals surface area contributed by atoms with Crippen molar-refractivity contribution in [1.82, 2.24) is 5.32 Å². The van der Waals surface area contributed by atoms with Crippen molar-refractivity contribution >= 4 is 21.7 Å². The molecule has 6 nitrogen and oxygen atoms in total. The molecule has 0 bridgehead atoms. The highest BCUT2D eigenvalue weighted by molar-refractivity contribution is 7.90. The first-order valence-corrected chi connectivity index (χ1v) is 10.3. The summed E-state index contributed by atoms with van der Waals surface area (Å²) in [4.78, 5) is 24.3. The fourth-order valence-corrected chi connectivity index (χ4v) is 3.69. The molecule has 0 unspecified atom stereocenters. The topological polar surface area (TPSA) is 89.5 Å². The molecular weight excluding hydrogens is 342 g/mol. The number of benzene rings is 1. The normalized spacial score (nSPS) is 20.8. The third kappa shape index (κ3) is 5.29. The van der Waals surface area contributed by atoms with E-state index in [0.717, 1.165) is 25.5 Å². The fourth-order valence-electron chi connectivity index (χ4n) is 3.04. The van der Waals surface area contributed by atoms with Gasteiger partial charge in [-0.15, -0.1) is 0 Å². The van der Waals surface area contributed by atoms with Gasteiger partial charge < -0.3 is 10.1 Å². The van der Waals surface area contributed by atoms with Crippen LogP contribution in [0.1, 0.15) is 48.5 Å². The highest BCUT2D eigenvalue weighted by atomic mass is 32.2. The summed E-state index contributed by atoms with van der Waals surface area (Å²) in [7, 11) is -3.42. The van der Waals surface area contributed by atoms with Crippen molar-refractivity contribution < 1.29 is 22.7 Å². The van der Waals surface area contributed by atoms with Crippen molar-refractivity contribution in [3.63, 3.8) is 0 Å². The van der Waals surface area contributed by atoms with Crippen LogP contribution in [0, 0.1) is 12.8 Å². The molecule has 1 saturated carbocycles. The molecule has 1 N–H and O–H groups in total. The minimum Gasteiger partial charge on any atom is -0.452 e. The molecule has 1 amide bonds. The number of aryl methyl sites for hydroxylation is 1. The van der Waals surface area contributed by atoms with E-state index < -0.39 is 15.8 Å². The van der Waals surface area contributed by atoms with Crippen molar-refractivity contribution in [2.45, 2.75) is 50.5 Å². The van der Waals surface area contributed by atoms with Crippen molar-refractivity contribution in [2.75, 3.05) is 12.9 Å². The lowest BCUT2D eigenvalue weighted by Gasteiger charge is -2.29. The molecule has 0 aromatic heterocycles. The number of hydrogen-bond acceptors (Lipinski definition) is 5. The minimum absolute atomic E-state index is 0.0468. The Bertz CT molecular complexity index is 757. The lowest BCUT2D eigenvalue weighted by molar-refractivity contribution is -0.125. The Morgan fingerprint density at radius 2 is 1.92 bits per heavy atom. The zero-order valence-corrected chi connectivity index (χ0v) is 15.7. The molecule has 1 aromatic rings. The van der Waals surface area contributed by atoms with E-state index in [4.69, 9.17) is 4.74 Å². The van der Waals surface area contributed by atoms with E-state index in [-0.39, 0.29) is 29.0 Å². The number of rotatable bonds is 5. The summed E-state index contributed by atoms with van der Waals surface area (Å²) < 4.78 is 28.3. The SMILES string of the molecule is Cc1ccc(S(C)(=O)=O)cc1C(=O)OCC(=O)N[C@H]1CCCC[C@@H]1C. The predicted molar refractivity (Wildman–Crippen MR) is 94.1 cm³/mol. The van der Waals surface area contributed by atoms with Gasteiger partial charge in [-0.05, 0) is 43.4 Å². The number of hydrogen-bond donors (Lipinski definition) is 1. The van der Waals surface area contributed by atoms with Crippen LogP contribution in [-0.4, -0.2) is 39.2 Å². The maximum Gasteiger partial charge on any atom is 0.338 e. The van der Waals surface area contributed by atoms with E-state index >= 15 is 0 Å². The van der Waals surface area contributed by atoms with Crippen molar-refractivity contribution in [3.8, 4) is 0 Å². The van der Waals surface area contributed by atoms with Crippen molar-refractivity contribution in [2.24, 2.45) is 5.92 Å². The number of carbonyl (C=O) groups excluding carboxylic acids is 2. The summed E-state index contributed by atoms with van der Waals surface area (Å²) in [5.74, 6) is -0.610. The first-order chi connectivity index (χ1) is 11.7. The van der Waals surface area contributed by atoms with E-state index in [9.17, 15) is 18.0 Å². The lowest BCUT2D eigenvalue weighted by atomic mass is 9.86. The van der Waals surface area contributed by atoms with Crippen LogP contribution in [0.25, 0.3) is 0 Å². The Kier molecular flexibility index (Phi) is 6.21. The van der Waals surface area contributed by atoms with Crippen LogP contribution in [0.3, 0.4) is 0 Å². The van der Waals surface area contributed by atoms with Gasteiger partial charge in [0, 0.05) is 12.3 Å². The summed E-state index contributed by atoms with van der Waals surface area (Å²) in [6, 6.07) is 4.40. The highest BCUT2D eigenvalue weighted by Gasteiger charge is 2.23. The quantitative estimate of drug-likeness (QED) is 0.806. The molecule has 1 aliphatic rings. The molecule has 1 fully saturated rings. The van der Waals surface area contributed by atoms with Gasteiger partial charge in [0.1, 0.15) is 0 Å². The minimum atomic E-state index is -3.42. The fraction of sp³-hybridized carbons (Fsp3) is 0.556. The first kappa shape index (κ1) is 19.4. The average molecular weight is 367 g/mol. The van der Waals surface area contributed by atoms with Crippen LogP contribution >= 0.6 is 0 Å². The van der Waals surface area contributed by atoms with Gasteiger partial charge in [0.05, 0.1) is 10.5 Å². The highest BCUT2D eigenvalue weighted by Crippen LogP contribution is 2.23. The molecule has 2 atom stereocenters. The van der Waals surface area contributed by atoms with E-state index in [2.05, 4.69) is 12.2 Å². The molecule has 138 valence electrons. The Labute approximate surface area is 148 Å². The van der Waals surface area contributed by atoms with E-state index in [1.165, 1.54) is 18.6 Å². The van der Waals surface area contributed by atoms with E-state index in [0.29, 0.717) is 11.5 Å². The molecular formula is C18H25NO5S. The predicted octanol–water partition coefficient (Wildman–Crippen LogP) is 2.25. The lowest BCUT2D eigenvalue weighted by Crippen LogP contribution is -2.42. The Balaban J connectivity index is 1.97. The van der Waals surface area contributed by atoms with E-state index in [1.807, 2.05) is 0 Å². The maximum atomic E-state index is 12.2. The van der Waals surface area contributed by atoms with E-state index in [1.54, 1.807) is 13.0 Å². The van der Waals surface area contributed by atoms with Gasteiger partial charge in [-0.2, -0.15) is 0 Å². The second-order valence-electron chi connectivity index (χ2n) is 6.76. The second kappa shape index (κ2) is 7.99. The van der Waals surface area contributed by atoms with Crippen LogP contribution in [0.5, 0.6) is 0 Å². The summed E-state index contributed by atoms with van der Waals surface area (Å²) in [6.07, 6.45) is 5.37. The molecule has 7 heteroatoms. The van der Waals surface area contributed by atoms with Gasteiger partial charge in [-0.1, -0.05) is 25.8 Å². The van der Waals surface area contributed by atoms with Crippen molar-refractivity contribution in [1.29, 1.82) is 0 Å². The monoisotopic (exact) mass is 367 g/mol. The first-order valence-electron chi connectivity index (χ1n) is 8.45. The number of esters is 1. The summed E-state index contributed by atoms with van der Waals surface area (Å²) in [5.41, 5.74) is 0.750. The van der Waals surface area contributed by atoms with Gasteiger partial charge in [-0.25, -0.2) is 13.2 Å². The van der Waals surface area contributed by atoms with Gasteiger partial charge in [0.2, 0.25) is 0 Å². The Morgan fingerprint density at radius 3 is 2.56 bits per heavy atom. The van der Waals surface area contributed by atoms with Crippen LogP contribution in [0.4, 0.5) is 0 Å². The molecule has 25 heavy (non-hydrogen) atoms. The molecule has 0 heterocycles. The van der Waals surface area contributed by atoms with Gasteiger partial charge in [-0.3, -0.25) is 4.79 Å². The van der Waals surface area contributed by atoms with Gasteiger partial charge in [0.25, 0.3) is 5.91 Å². The summed E-state index contributed by atoms with van der Waals surface area (Å²) in [5, 5.41) is 2.91.